The number of carbonyl (C=O) groups is 2. The Balaban J connectivity index is 1.17. The fourth-order valence-electron chi connectivity index (χ4n) is 6.49. The van der Waals surface area contributed by atoms with Crippen LogP contribution in [-0.4, -0.2) is 105 Å². The number of hydrogen-bond acceptors (Lipinski definition) is 8. The van der Waals surface area contributed by atoms with Crippen LogP contribution in [0.15, 0.2) is 29.3 Å². The number of aliphatic carboxylic acids is 1. The third-order valence-electron chi connectivity index (χ3n) is 9.03. The molecule has 43 heavy (non-hydrogen) atoms. The van der Waals surface area contributed by atoms with E-state index >= 15 is 0 Å². The second-order valence-electron chi connectivity index (χ2n) is 11.9. The van der Waals surface area contributed by atoms with Crippen LogP contribution in [0.4, 0.5) is 0 Å². The summed E-state index contributed by atoms with van der Waals surface area (Å²) in [4.78, 5) is 37.7. The number of fused-ring (bicyclic) bond motifs is 3. The van der Waals surface area contributed by atoms with Crippen LogP contribution in [0.3, 0.4) is 0 Å². The lowest BCUT2D eigenvalue weighted by molar-refractivity contribution is -0.139. The number of piperidine rings is 1. The smallest absolute Gasteiger partial charge is 0.317 e. The lowest BCUT2D eigenvalue weighted by atomic mass is 9.96. The summed E-state index contributed by atoms with van der Waals surface area (Å²) in [6.07, 6.45) is 2.27. The average Bonchev–Trinajstić information content (AvgIpc) is 3.46. The third-order valence-corrected chi connectivity index (χ3v) is 10.5. The maximum Gasteiger partial charge on any atom is 0.317 e. The van der Waals surface area contributed by atoms with Gasteiger partial charge in [-0.1, -0.05) is 23.7 Å². The Kier molecular flexibility index (Phi) is 8.68. The highest BCUT2D eigenvalue weighted by Gasteiger charge is 2.34. The van der Waals surface area contributed by atoms with E-state index in [1.807, 2.05) is 41.0 Å². The van der Waals surface area contributed by atoms with E-state index in [1.54, 1.807) is 11.3 Å². The van der Waals surface area contributed by atoms with Crippen molar-refractivity contribution >= 4 is 40.5 Å². The number of benzene rings is 1. The molecule has 1 aromatic carbocycles. The van der Waals surface area contributed by atoms with Crippen molar-refractivity contribution in [1.29, 1.82) is 0 Å². The van der Waals surface area contributed by atoms with Gasteiger partial charge in [-0.25, -0.2) is 0 Å². The summed E-state index contributed by atoms with van der Waals surface area (Å²) >= 11 is 7.94. The molecule has 2 saturated heterocycles. The molecule has 2 fully saturated rings. The molecule has 2 aromatic heterocycles. The average molecular weight is 624 g/mol. The van der Waals surface area contributed by atoms with Crippen molar-refractivity contribution in [3.8, 4) is 5.00 Å². The Morgan fingerprint density at radius 1 is 0.977 bits per heavy atom. The number of rotatable bonds is 7. The fraction of sp³-hybridized carbons (Fsp3) is 0.516. The number of hydrogen-bond donors (Lipinski definition) is 1. The van der Waals surface area contributed by atoms with Crippen molar-refractivity contribution in [3.63, 3.8) is 0 Å². The topological polar surface area (TPSA) is 107 Å². The molecule has 3 aliphatic heterocycles. The SMILES string of the molecule is Cc1sc2c(c1C)C(c1ccc(Cl)cc1)=N[C@@H](CC(=O)N1CCN(CC3CCN(CC(=O)O)CC3)CC1)c1nnc(C)n1-2. The molecule has 0 saturated carbocycles. The Bertz CT molecular complexity index is 1530. The first kappa shape index (κ1) is 29.9. The zero-order valence-corrected chi connectivity index (χ0v) is 26.5. The molecular formula is C31H38ClN7O3S. The predicted molar refractivity (Wildman–Crippen MR) is 168 cm³/mol. The van der Waals surface area contributed by atoms with Gasteiger partial charge in [-0.3, -0.25) is 28.9 Å². The molecule has 0 spiro atoms. The van der Waals surface area contributed by atoms with Gasteiger partial charge in [0, 0.05) is 53.8 Å². The normalized spacial score (nSPS) is 20.0. The number of piperazine rings is 1. The van der Waals surface area contributed by atoms with Crippen LogP contribution in [0.5, 0.6) is 0 Å². The Morgan fingerprint density at radius 3 is 2.35 bits per heavy atom. The van der Waals surface area contributed by atoms with Gasteiger partial charge >= 0.3 is 5.97 Å². The summed E-state index contributed by atoms with van der Waals surface area (Å²) < 4.78 is 2.09. The second-order valence-corrected chi connectivity index (χ2v) is 13.5. The third kappa shape index (κ3) is 6.26. The van der Waals surface area contributed by atoms with E-state index in [9.17, 15) is 9.59 Å². The van der Waals surface area contributed by atoms with Crippen LogP contribution in [0.1, 0.15) is 58.5 Å². The fourth-order valence-corrected chi connectivity index (χ4v) is 7.83. The van der Waals surface area contributed by atoms with Gasteiger partial charge in [0.1, 0.15) is 16.9 Å². The van der Waals surface area contributed by atoms with Crippen LogP contribution in [0, 0.1) is 26.7 Å². The van der Waals surface area contributed by atoms with Gasteiger partial charge in [-0.15, -0.1) is 21.5 Å². The zero-order valence-electron chi connectivity index (χ0n) is 24.9. The largest absolute Gasteiger partial charge is 0.480 e. The molecule has 1 amide bonds. The lowest BCUT2D eigenvalue weighted by Gasteiger charge is -2.38. The van der Waals surface area contributed by atoms with Crippen molar-refractivity contribution < 1.29 is 14.7 Å². The Labute approximate surface area is 261 Å². The quantitative estimate of drug-likeness (QED) is 0.422. The predicted octanol–water partition coefficient (Wildman–Crippen LogP) is 4.13. The molecule has 3 aliphatic rings. The van der Waals surface area contributed by atoms with Crippen LogP contribution in [0.25, 0.3) is 5.00 Å². The van der Waals surface area contributed by atoms with Crippen molar-refractivity contribution in [3.05, 3.63) is 62.5 Å². The van der Waals surface area contributed by atoms with Gasteiger partial charge in [0.2, 0.25) is 5.91 Å². The van der Waals surface area contributed by atoms with E-state index in [-0.39, 0.29) is 18.9 Å². The van der Waals surface area contributed by atoms with Crippen LogP contribution in [-0.2, 0) is 9.59 Å². The van der Waals surface area contributed by atoms with Crippen LogP contribution >= 0.6 is 22.9 Å². The van der Waals surface area contributed by atoms with Gasteiger partial charge in [0.25, 0.3) is 0 Å². The van der Waals surface area contributed by atoms with Gasteiger partial charge in [-0.05, 0) is 70.3 Å². The minimum atomic E-state index is -0.758. The number of aromatic nitrogens is 3. The summed E-state index contributed by atoms with van der Waals surface area (Å²) in [6, 6.07) is 7.27. The second kappa shape index (κ2) is 12.5. The summed E-state index contributed by atoms with van der Waals surface area (Å²) in [6.45, 7) is 12.1. The minimum Gasteiger partial charge on any atom is -0.480 e. The highest BCUT2D eigenvalue weighted by Crippen LogP contribution is 2.39. The molecule has 228 valence electrons. The number of carboxylic acid groups (broad SMARTS) is 1. The van der Waals surface area contributed by atoms with Gasteiger partial charge in [0.05, 0.1) is 18.7 Å². The monoisotopic (exact) mass is 623 g/mol. The molecular weight excluding hydrogens is 586 g/mol. The molecule has 3 aromatic rings. The van der Waals surface area contributed by atoms with Crippen molar-refractivity contribution in [2.75, 3.05) is 52.4 Å². The number of carbonyl (C=O) groups excluding carboxylic acids is 1. The minimum absolute atomic E-state index is 0.0798. The summed E-state index contributed by atoms with van der Waals surface area (Å²) in [5.74, 6) is 1.37. The van der Waals surface area contributed by atoms with Gasteiger partial charge < -0.3 is 10.0 Å². The first-order valence-corrected chi connectivity index (χ1v) is 16.2. The van der Waals surface area contributed by atoms with E-state index in [0.29, 0.717) is 29.9 Å². The lowest BCUT2D eigenvalue weighted by Crippen LogP contribution is -2.50. The molecule has 1 atom stereocenters. The molecule has 0 radical (unpaired) electrons. The summed E-state index contributed by atoms with van der Waals surface area (Å²) in [5, 5.41) is 19.7. The van der Waals surface area contributed by atoms with Gasteiger partial charge in [0.15, 0.2) is 5.82 Å². The zero-order chi connectivity index (χ0) is 30.2. The maximum atomic E-state index is 13.7. The molecule has 1 N–H and O–H groups in total. The first-order chi connectivity index (χ1) is 20.7. The van der Waals surface area contributed by atoms with Crippen molar-refractivity contribution in [1.82, 2.24) is 29.5 Å². The Hall–Kier alpha value is -3.12. The molecule has 0 aliphatic carbocycles. The standard InChI is InChI=1S/C31H38ClN7O3S/c1-19-20(2)43-31-28(19)29(23-4-6-24(32)7-5-23)33-25(30-35-34-21(3)39(30)31)16-26(40)38-14-12-37(13-15-38)17-22-8-10-36(11-9-22)18-27(41)42/h4-7,22,25H,8-18H2,1-3H3,(H,41,42)/t25-/m0/s1. The number of carboxylic acids is 1. The van der Waals surface area contributed by atoms with E-state index in [2.05, 4.69) is 33.5 Å². The number of nitrogens with zero attached hydrogens (tertiary/aromatic N) is 7. The summed E-state index contributed by atoms with van der Waals surface area (Å²) in [5.41, 5.74) is 4.05. The number of likely N-dealkylation sites (tertiary alicyclic amines) is 1. The van der Waals surface area contributed by atoms with E-state index in [1.165, 1.54) is 10.4 Å². The number of amides is 1. The van der Waals surface area contributed by atoms with Crippen LogP contribution in [0.2, 0.25) is 5.02 Å². The van der Waals surface area contributed by atoms with E-state index in [4.69, 9.17) is 21.7 Å². The highest BCUT2D eigenvalue weighted by molar-refractivity contribution is 7.15. The van der Waals surface area contributed by atoms with Gasteiger partial charge in [-0.2, -0.15) is 0 Å². The van der Waals surface area contributed by atoms with Crippen molar-refractivity contribution in [2.24, 2.45) is 10.9 Å². The number of thiophene rings is 1. The molecule has 10 nitrogen and oxygen atoms in total. The molecule has 0 bridgehead atoms. The molecule has 0 unspecified atom stereocenters. The highest BCUT2D eigenvalue weighted by atomic mass is 35.5. The van der Waals surface area contributed by atoms with Crippen LogP contribution < -0.4 is 0 Å². The maximum absolute atomic E-state index is 13.7. The first-order valence-electron chi connectivity index (χ1n) is 15.0. The number of aliphatic imine (C=N–C) groups is 1. The number of aryl methyl sites for hydroxylation is 2. The molecule has 5 heterocycles. The van der Waals surface area contributed by atoms with Crippen molar-refractivity contribution in [2.45, 2.75) is 46.1 Å². The molecule has 12 heteroatoms. The Morgan fingerprint density at radius 2 is 1.67 bits per heavy atom. The number of halogens is 1. The van der Waals surface area contributed by atoms with E-state index < -0.39 is 12.0 Å². The summed E-state index contributed by atoms with van der Waals surface area (Å²) in [7, 11) is 0. The van der Waals surface area contributed by atoms with E-state index in [0.717, 1.165) is 73.2 Å². The molecule has 6 rings (SSSR count).